The summed E-state index contributed by atoms with van der Waals surface area (Å²) in [6, 6.07) is 10.5. The van der Waals surface area contributed by atoms with Gasteiger partial charge in [-0.25, -0.2) is 4.39 Å². The van der Waals surface area contributed by atoms with Crippen LogP contribution in [0.3, 0.4) is 0 Å². The van der Waals surface area contributed by atoms with Crippen molar-refractivity contribution in [3.63, 3.8) is 0 Å². The summed E-state index contributed by atoms with van der Waals surface area (Å²) in [4.78, 5) is 10.5. The number of hydrogen-bond acceptors (Lipinski definition) is 2. The van der Waals surface area contributed by atoms with Gasteiger partial charge in [-0.1, -0.05) is 36.4 Å². The Labute approximate surface area is 125 Å². The van der Waals surface area contributed by atoms with E-state index in [1.807, 2.05) is 0 Å². The van der Waals surface area contributed by atoms with Gasteiger partial charge in [0.1, 0.15) is 0 Å². The lowest BCUT2D eigenvalue weighted by Gasteiger charge is -2.17. The van der Waals surface area contributed by atoms with Crippen LogP contribution in [0.25, 0.3) is 0 Å². The Bertz CT molecular complexity index is 657. The third-order valence-corrected chi connectivity index (χ3v) is 2.96. The average molecular weight is 310 g/mol. The molecule has 2 aromatic carbocycles. The van der Waals surface area contributed by atoms with Crippen molar-refractivity contribution in [2.45, 2.75) is 12.3 Å². The molecular weight excluding hydrogens is 297 g/mol. The van der Waals surface area contributed by atoms with Crippen LogP contribution in [0.4, 0.5) is 13.2 Å². The Morgan fingerprint density at radius 1 is 1.14 bits per heavy atom. The first-order valence-corrected chi connectivity index (χ1v) is 6.45. The minimum absolute atomic E-state index is 0.224. The van der Waals surface area contributed by atoms with E-state index >= 15 is 0 Å². The monoisotopic (exact) mass is 310 g/mol. The highest BCUT2D eigenvalue weighted by molar-refractivity contribution is 5.70. The number of ether oxygens (including phenoxy) is 1. The Morgan fingerprint density at radius 3 is 2.41 bits per heavy atom. The summed E-state index contributed by atoms with van der Waals surface area (Å²) >= 11 is 0. The van der Waals surface area contributed by atoms with Crippen LogP contribution in [0.15, 0.2) is 48.5 Å². The molecule has 0 saturated carbocycles. The van der Waals surface area contributed by atoms with E-state index in [0.717, 1.165) is 12.1 Å². The molecule has 0 fully saturated rings. The highest BCUT2D eigenvalue weighted by Gasteiger charge is 2.32. The summed E-state index contributed by atoms with van der Waals surface area (Å²) in [6.07, 6.45) is -0.350. The average Bonchev–Trinajstić information content (AvgIpc) is 2.47. The molecule has 0 amide bonds. The summed E-state index contributed by atoms with van der Waals surface area (Å²) in [6.45, 7) is -1.01. The highest BCUT2D eigenvalue weighted by Crippen LogP contribution is 2.29. The Balaban J connectivity index is 2.07. The largest absolute Gasteiger partial charge is 0.484 e. The first kappa shape index (κ1) is 15.9. The minimum Gasteiger partial charge on any atom is -0.484 e. The van der Waals surface area contributed by atoms with E-state index in [4.69, 9.17) is 9.84 Å². The quantitative estimate of drug-likeness (QED) is 0.886. The van der Waals surface area contributed by atoms with Crippen molar-refractivity contribution in [2.75, 3.05) is 6.61 Å². The summed E-state index contributed by atoms with van der Waals surface area (Å²) in [5.74, 6) is -5.58. The van der Waals surface area contributed by atoms with E-state index in [1.165, 1.54) is 30.3 Å². The third-order valence-electron chi connectivity index (χ3n) is 2.96. The Hall–Kier alpha value is -2.50. The molecule has 0 aromatic heterocycles. The van der Waals surface area contributed by atoms with E-state index in [9.17, 15) is 18.0 Å². The van der Waals surface area contributed by atoms with Gasteiger partial charge in [0.25, 0.3) is 0 Å². The van der Waals surface area contributed by atoms with Gasteiger partial charge in [-0.15, -0.1) is 0 Å². The fraction of sp³-hybridized carbons (Fsp3) is 0.188. The van der Waals surface area contributed by atoms with Gasteiger partial charge in [0.05, 0.1) is 6.42 Å². The number of carboxylic acids is 1. The molecule has 0 spiro atoms. The number of rotatable bonds is 6. The zero-order valence-corrected chi connectivity index (χ0v) is 11.4. The summed E-state index contributed by atoms with van der Waals surface area (Å²) in [5.41, 5.74) is 0.00470. The van der Waals surface area contributed by atoms with Crippen LogP contribution in [-0.2, 0) is 17.1 Å². The van der Waals surface area contributed by atoms with Gasteiger partial charge in [-0.2, -0.15) is 8.78 Å². The molecule has 0 radical (unpaired) electrons. The number of aliphatic carboxylic acids is 1. The van der Waals surface area contributed by atoms with Gasteiger partial charge in [0, 0.05) is 5.56 Å². The molecule has 0 aliphatic heterocycles. The predicted molar refractivity (Wildman–Crippen MR) is 73.6 cm³/mol. The summed E-state index contributed by atoms with van der Waals surface area (Å²) in [7, 11) is 0. The molecule has 0 bridgehead atoms. The van der Waals surface area contributed by atoms with Crippen molar-refractivity contribution in [1.82, 2.24) is 0 Å². The summed E-state index contributed by atoms with van der Waals surface area (Å²) < 4.78 is 46.4. The second kappa shape index (κ2) is 6.51. The standard InChI is InChI=1S/C16H13F3O3/c17-13-8-11(9-15(20)21)6-7-14(13)22-10-16(18,19)12-4-2-1-3-5-12/h1-8H,9-10H2,(H,20,21). The maximum Gasteiger partial charge on any atom is 0.307 e. The van der Waals surface area contributed by atoms with Crippen molar-refractivity contribution < 1.29 is 27.8 Å². The van der Waals surface area contributed by atoms with Gasteiger partial charge in [-0.05, 0) is 17.7 Å². The third kappa shape index (κ3) is 4.00. The maximum atomic E-state index is 13.9. The molecular formula is C16H13F3O3. The molecule has 0 saturated heterocycles. The molecule has 2 aromatic rings. The second-order valence-corrected chi connectivity index (χ2v) is 4.69. The van der Waals surface area contributed by atoms with Crippen LogP contribution >= 0.6 is 0 Å². The molecule has 0 heterocycles. The van der Waals surface area contributed by atoms with Crippen LogP contribution in [0.5, 0.6) is 5.75 Å². The lowest BCUT2D eigenvalue weighted by molar-refractivity contribution is -0.136. The molecule has 0 unspecified atom stereocenters. The van der Waals surface area contributed by atoms with Gasteiger partial charge in [-0.3, -0.25) is 4.79 Å². The van der Waals surface area contributed by atoms with Crippen molar-refractivity contribution in [3.05, 3.63) is 65.5 Å². The highest BCUT2D eigenvalue weighted by atomic mass is 19.3. The SMILES string of the molecule is O=C(O)Cc1ccc(OCC(F)(F)c2ccccc2)c(F)c1. The zero-order valence-electron chi connectivity index (χ0n) is 11.4. The van der Waals surface area contributed by atoms with Crippen molar-refractivity contribution >= 4 is 5.97 Å². The first-order valence-electron chi connectivity index (χ1n) is 6.45. The number of benzene rings is 2. The van der Waals surface area contributed by atoms with E-state index in [0.29, 0.717) is 0 Å². The van der Waals surface area contributed by atoms with Crippen LogP contribution in [-0.4, -0.2) is 17.7 Å². The summed E-state index contributed by atoms with van der Waals surface area (Å²) in [5, 5.41) is 8.61. The fourth-order valence-corrected chi connectivity index (χ4v) is 1.88. The molecule has 0 aliphatic rings. The molecule has 1 N–H and O–H groups in total. The molecule has 3 nitrogen and oxygen atoms in total. The first-order chi connectivity index (χ1) is 10.4. The normalized spacial score (nSPS) is 11.2. The number of carboxylic acid groups (broad SMARTS) is 1. The molecule has 0 aliphatic carbocycles. The van der Waals surface area contributed by atoms with Gasteiger partial charge < -0.3 is 9.84 Å². The molecule has 2 rings (SSSR count). The molecule has 116 valence electrons. The zero-order chi connectivity index (χ0) is 16.2. The van der Waals surface area contributed by atoms with Crippen molar-refractivity contribution in [3.8, 4) is 5.75 Å². The van der Waals surface area contributed by atoms with Crippen molar-refractivity contribution in [2.24, 2.45) is 0 Å². The maximum absolute atomic E-state index is 13.9. The Morgan fingerprint density at radius 2 is 1.82 bits per heavy atom. The number of carbonyl (C=O) groups is 1. The minimum atomic E-state index is -3.26. The van der Waals surface area contributed by atoms with Gasteiger partial charge in [0.2, 0.25) is 0 Å². The fourth-order valence-electron chi connectivity index (χ4n) is 1.88. The lowest BCUT2D eigenvalue weighted by atomic mass is 10.1. The van der Waals surface area contributed by atoms with Gasteiger partial charge >= 0.3 is 11.9 Å². The lowest BCUT2D eigenvalue weighted by Crippen LogP contribution is -2.23. The Kier molecular flexibility index (Phi) is 4.70. The van der Waals surface area contributed by atoms with Crippen LogP contribution in [0.2, 0.25) is 0 Å². The van der Waals surface area contributed by atoms with Crippen molar-refractivity contribution in [1.29, 1.82) is 0 Å². The molecule has 6 heteroatoms. The number of alkyl halides is 2. The topological polar surface area (TPSA) is 46.5 Å². The van der Waals surface area contributed by atoms with Crippen LogP contribution < -0.4 is 4.74 Å². The molecule has 0 atom stereocenters. The van der Waals surface area contributed by atoms with Gasteiger partial charge in [0.15, 0.2) is 18.2 Å². The smallest absolute Gasteiger partial charge is 0.307 e. The molecule has 22 heavy (non-hydrogen) atoms. The van der Waals surface area contributed by atoms with E-state index < -0.39 is 24.3 Å². The number of halogens is 3. The van der Waals surface area contributed by atoms with E-state index in [1.54, 1.807) is 6.07 Å². The predicted octanol–water partition coefficient (Wildman–Crippen LogP) is 3.62. The number of hydrogen-bond donors (Lipinski definition) is 1. The van der Waals surface area contributed by atoms with E-state index in [-0.39, 0.29) is 23.3 Å². The van der Waals surface area contributed by atoms with E-state index in [2.05, 4.69) is 0 Å². The second-order valence-electron chi connectivity index (χ2n) is 4.69. The van der Waals surface area contributed by atoms with Crippen LogP contribution in [0, 0.1) is 5.82 Å². The van der Waals surface area contributed by atoms with Crippen LogP contribution in [0.1, 0.15) is 11.1 Å².